The fourth-order valence-corrected chi connectivity index (χ4v) is 4.98. The fraction of sp³-hybridized carbons (Fsp3) is 0.269. The maximum Gasteiger partial charge on any atom is 0.264 e. The van der Waals surface area contributed by atoms with Gasteiger partial charge in [-0.05, 0) is 61.0 Å². The van der Waals surface area contributed by atoms with Crippen molar-refractivity contribution >= 4 is 21.6 Å². The smallest absolute Gasteiger partial charge is 0.264 e. The highest BCUT2D eigenvalue weighted by molar-refractivity contribution is 7.92. The summed E-state index contributed by atoms with van der Waals surface area (Å²) in [6, 6.07) is 18.0. The van der Waals surface area contributed by atoms with E-state index in [1.807, 2.05) is 6.92 Å². The second kappa shape index (κ2) is 12.2. The maximum atomic E-state index is 13.5. The summed E-state index contributed by atoms with van der Waals surface area (Å²) in [5, 5.41) is 2.77. The number of hydrogen-bond acceptors (Lipinski definition) is 7. The predicted molar refractivity (Wildman–Crippen MR) is 137 cm³/mol. The number of carbonyl (C=O) groups is 1. The van der Waals surface area contributed by atoms with Crippen molar-refractivity contribution in [1.29, 1.82) is 0 Å². The van der Waals surface area contributed by atoms with E-state index in [2.05, 4.69) is 5.32 Å². The topological polar surface area (TPSA) is 103 Å². The number of nitrogens with one attached hydrogen (secondary N) is 1. The van der Waals surface area contributed by atoms with E-state index in [4.69, 9.17) is 18.9 Å². The van der Waals surface area contributed by atoms with Crippen molar-refractivity contribution in [3.8, 4) is 23.0 Å². The van der Waals surface area contributed by atoms with Gasteiger partial charge in [-0.1, -0.05) is 18.2 Å². The van der Waals surface area contributed by atoms with Crippen molar-refractivity contribution < 1.29 is 32.2 Å². The monoisotopic (exact) mass is 514 g/mol. The number of methoxy groups -OCH3 is 3. The van der Waals surface area contributed by atoms with E-state index in [0.717, 1.165) is 4.31 Å². The van der Waals surface area contributed by atoms with Gasteiger partial charge in [-0.3, -0.25) is 9.10 Å². The molecule has 0 radical (unpaired) electrons. The number of amides is 1. The summed E-state index contributed by atoms with van der Waals surface area (Å²) >= 11 is 0. The molecule has 1 N–H and O–H groups in total. The van der Waals surface area contributed by atoms with Gasteiger partial charge in [0, 0.05) is 6.54 Å². The van der Waals surface area contributed by atoms with E-state index in [1.165, 1.54) is 33.5 Å². The van der Waals surface area contributed by atoms with Crippen LogP contribution in [-0.2, 0) is 21.4 Å². The van der Waals surface area contributed by atoms with Gasteiger partial charge in [0.25, 0.3) is 10.0 Å². The van der Waals surface area contributed by atoms with E-state index >= 15 is 0 Å². The number of hydrogen-bond donors (Lipinski definition) is 1. The first-order valence-electron chi connectivity index (χ1n) is 11.2. The van der Waals surface area contributed by atoms with Gasteiger partial charge in [-0.2, -0.15) is 0 Å². The zero-order chi connectivity index (χ0) is 26.1. The van der Waals surface area contributed by atoms with Crippen LogP contribution in [0.25, 0.3) is 0 Å². The molecule has 10 heteroatoms. The minimum Gasteiger partial charge on any atom is -0.494 e. The Morgan fingerprint density at radius 1 is 0.889 bits per heavy atom. The summed E-state index contributed by atoms with van der Waals surface area (Å²) in [5.41, 5.74) is 1.03. The molecule has 0 aliphatic heterocycles. The second-order valence-electron chi connectivity index (χ2n) is 7.56. The lowest BCUT2D eigenvalue weighted by molar-refractivity contribution is -0.119. The zero-order valence-electron chi connectivity index (χ0n) is 20.7. The molecule has 0 aliphatic carbocycles. The first kappa shape index (κ1) is 26.7. The molecule has 0 fully saturated rings. The van der Waals surface area contributed by atoms with Crippen molar-refractivity contribution in [2.45, 2.75) is 18.4 Å². The molecular formula is C26H30N2O7S. The molecular weight excluding hydrogens is 484 g/mol. The summed E-state index contributed by atoms with van der Waals surface area (Å²) in [7, 11) is 0.498. The largest absolute Gasteiger partial charge is 0.494 e. The Morgan fingerprint density at radius 2 is 1.50 bits per heavy atom. The van der Waals surface area contributed by atoms with E-state index in [9.17, 15) is 13.2 Å². The molecule has 0 bridgehead atoms. The van der Waals surface area contributed by atoms with Crippen molar-refractivity contribution in [1.82, 2.24) is 5.32 Å². The molecule has 1 amide bonds. The van der Waals surface area contributed by atoms with Crippen molar-refractivity contribution in [2.24, 2.45) is 0 Å². The number of rotatable bonds is 12. The predicted octanol–water partition coefficient (Wildman–Crippen LogP) is 3.62. The van der Waals surface area contributed by atoms with Crippen molar-refractivity contribution in [3.63, 3.8) is 0 Å². The standard InChI is InChI=1S/C26H30N2O7S/c1-5-35-21-13-11-20(12-14-21)28(36(30,31)22-9-7-6-8-10-22)18-25(29)27-17-19-15-23(32-2)26(34-4)24(16-19)33-3/h6-16H,5,17-18H2,1-4H3,(H,27,29). The Bertz CT molecular complexity index is 1240. The minimum absolute atomic E-state index is 0.0799. The molecule has 3 aromatic carbocycles. The first-order valence-corrected chi connectivity index (χ1v) is 12.6. The van der Waals surface area contributed by atoms with Gasteiger partial charge in [-0.25, -0.2) is 8.42 Å². The lowest BCUT2D eigenvalue weighted by atomic mass is 10.1. The molecule has 3 aromatic rings. The van der Waals surface area contributed by atoms with Crippen molar-refractivity contribution in [3.05, 3.63) is 72.3 Å². The van der Waals surface area contributed by atoms with E-state index in [-0.39, 0.29) is 11.4 Å². The molecule has 0 spiro atoms. The highest BCUT2D eigenvalue weighted by Gasteiger charge is 2.27. The number of anilines is 1. The molecule has 0 heterocycles. The van der Waals surface area contributed by atoms with Gasteiger partial charge in [-0.15, -0.1) is 0 Å². The lowest BCUT2D eigenvalue weighted by Crippen LogP contribution is -2.40. The van der Waals surface area contributed by atoms with Crippen LogP contribution in [0.3, 0.4) is 0 Å². The molecule has 192 valence electrons. The van der Waals surface area contributed by atoms with Gasteiger partial charge >= 0.3 is 0 Å². The van der Waals surface area contributed by atoms with Crippen LogP contribution >= 0.6 is 0 Å². The number of benzene rings is 3. The third kappa shape index (κ3) is 6.19. The van der Waals surface area contributed by atoms with Crippen LogP contribution in [0.2, 0.25) is 0 Å². The number of sulfonamides is 1. The summed E-state index contributed by atoms with van der Waals surface area (Å²) in [6.45, 7) is 2.04. The zero-order valence-corrected chi connectivity index (χ0v) is 21.5. The molecule has 0 unspecified atom stereocenters. The van der Waals surface area contributed by atoms with E-state index < -0.39 is 22.5 Å². The van der Waals surface area contributed by atoms with Crippen LogP contribution in [0.4, 0.5) is 5.69 Å². The molecule has 0 saturated heterocycles. The van der Waals surface area contributed by atoms with Crippen molar-refractivity contribution in [2.75, 3.05) is 38.8 Å². The third-order valence-corrected chi connectivity index (χ3v) is 7.06. The number of nitrogens with zero attached hydrogens (tertiary/aromatic N) is 1. The van der Waals surface area contributed by atoms with Crippen LogP contribution in [-0.4, -0.2) is 48.8 Å². The Kier molecular flexibility index (Phi) is 9.02. The normalized spacial score (nSPS) is 10.9. The summed E-state index contributed by atoms with van der Waals surface area (Å²) in [6.07, 6.45) is 0. The second-order valence-corrected chi connectivity index (χ2v) is 9.42. The molecule has 0 saturated carbocycles. The Labute approximate surface area is 211 Å². The van der Waals surface area contributed by atoms with Gasteiger partial charge in [0.2, 0.25) is 11.7 Å². The van der Waals surface area contributed by atoms with Crippen LogP contribution in [0, 0.1) is 0 Å². The highest BCUT2D eigenvalue weighted by Crippen LogP contribution is 2.38. The molecule has 36 heavy (non-hydrogen) atoms. The van der Waals surface area contributed by atoms with E-state index in [1.54, 1.807) is 54.6 Å². The van der Waals surface area contributed by atoms with Gasteiger partial charge < -0.3 is 24.3 Å². The molecule has 0 aliphatic rings. The average Bonchev–Trinajstić information content (AvgIpc) is 2.91. The van der Waals surface area contributed by atoms with Gasteiger partial charge in [0.05, 0.1) is 38.5 Å². The molecule has 3 rings (SSSR count). The fourth-order valence-electron chi connectivity index (χ4n) is 3.53. The van der Waals surface area contributed by atoms with Crippen LogP contribution in [0.1, 0.15) is 12.5 Å². The average molecular weight is 515 g/mol. The Hall–Kier alpha value is -3.92. The summed E-state index contributed by atoms with van der Waals surface area (Å²) in [4.78, 5) is 13.0. The summed E-state index contributed by atoms with van der Waals surface area (Å²) in [5.74, 6) is 1.44. The first-order chi connectivity index (χ1) is 17.3. The molecule has 0 aromatic heterocycles. The van der Waals surface area contributed by atoms with Crippen LogP contribution < -0.4 is 28.6 Å². The van der Waals surface area contributed by atoms with E-state index in [0.29, 0.717) is 40.9 Å². The van der Waals surface area contributed by atoms with Crippen LogP contribution in [0.15, 0.2) is 71.6 Å². The highest BCUT2D eigenvalue weighted by atomic mass is 32.2. The Morgan fingerprint density at radius 3 is 2.03 bits per heavy atom. The summed E-state index contributed by atoms with van der Waals surface area (Å²) < 4.78 is 49.5. The quantitative estimate of drug-likeness (QED) is 0.394. The third-order valence-electron chi connectivity index (χ3n) is 5.27. The number of carbonyl (C=O) groups excluding carboxylic acids is 1. The maximum absolute atomic E-state index is 13.5. The number of ether oxygens (including phenoxy) is 4. The van der Waals surface area contributed by atoms with Crippen LogP contribution in [0.5, 0.6) is 23.0 Å². The molecule has 9 nitrogen and oxygen atoms in total. The Balaban J connectivity index is 1.84. The lowest BCUT2D eigenvalue weighted by Gasteiger charge is -2.24. The SMILES string of the molecule is CCOc1ccc(N(CC(=O)NCc2cc(OC)c(OC)c(OC)c2)S(=O)(=O)c2ccccc2)cc1. The minimum atomic E-state index is -4.01. The van der Waals surface area contributed by atoms with Gasteiger partial charge in [0.15, 0.2) is 11.5 Å². The molecule has 0 atom stereocenters. The van der Waals surface area contributed by atoms with Gasteiger partial charge in [0.1, 0.15) is 12.3 Å².